The summed E-state index contributed by atoms with van der Waals surface area (Å²) in [5.41, 5.74) is 5.34. The molecule has 0 aromatic heterocycles. The summed E-state index contributed by atoms with van der Waals surface area (Å²) in [6.07, 6.45) is 24.4. The predicted octanol–water partition coefficient (Wildman–Crippen LogP) is 5.70. The molecule has 2 heteroatoms. The zero-order valence-electron chi connectivity index (χ0n) is 14.6. The fourth-order valence-electron chi connectivity index (χ4n) is 2.38. The van der Waals surface area contributed by atoms with E-state index >= 15 is 0 Å². The van der Waals surface area contributed by atoms with Crippen LogP contribution in [0.25, 0.3) is 0 Å². The lowest BCUT2D eigenvalue weighted by atomic mass is 9.97. The van der Waals surface area contributed by atoms with Crippen LogP contribution in [-0.4, -0.2) is 5.91 Å². The molecule has 0 aromatic rings. The van der Waals surface area contributed by atoms with E-state index in [1.54, 1.807) is 0 Å². The van der Waals surface area contributed by atoms with Gasteiger partial charge in [-0.3, -0.25) is 4.79 Å². The monoisotopic (exact) mass is 305 g/mol. The number of primary amides is 1. The van der Waals surface area contributed by atoms with Crippen LogP contribution < -0.4 is 5.73 Å². The quantitative estimate of drug-likeness (QED) is 0.325. The normalized spacial score (nSPS) is 13.5. The van der Waals surface area contributed by atoms with Gasteiger partial charge in [0.1, 0.15) is 0 Å². The minimum absolute atomic E-state index is 0.0823. The maximum absolute atomic E-state index is 11.1. The first-order valence-corrected chi connectivity index (χ1v) is 8.96. The molecular weight excluding hydrogens is 270 g/mol. The van der Waals surface area contributed by atoms with Crippen LogP contribution in [0, 0.1) is 5.92 Å². The molecule has 0 fully saturated rings. The number of hydrogen-bond acceptors (Lipinski definition) is 1. The Morgan fingerprint density at radius 2 is 1.45 bits per heavy atom. The lowest BCUT2D eigenvalue weighted by Crippen LogP contribution is -2.22. The van der Waals surface area contributed by atoms with Gasteiger partial charge >= 0.3 is 0 Å². The first-order chi connectivity index (χ1) is 10.7. The Kier molecular flexibility index (Phi) is 15.1. The molecule has 2 N–H and O–H groups in total. The number of hydrogen-bond donors (Lipinski definition) is 1. The Bertz CT molecular complexity index is 342. The van der Waals surface area contributed by atoms with E-state index in [-0.39, 0.29) is 11.8 Å². The summed E-state index contributed by atoms with van der Waals surface area (Å²) >= 11 is 0. The number of carbonyl (C=O) groups is 1. The minimum atomic E-state index is -0.135. The summed E-state index contributed by atoms with van der Waals surface area (Å²) < 4.78 is 0. The highest BCUT2D eigenvalue weighted by molar-refractivity contribution is 5.76. The van der Waals surface area contributed by atoms with Crippen molar-refractivity contribution in [3.8, 4) is 0 Å². The van der Waals surface area contributed by atoms with Crippen molar-refractivity contribution in [2.45, 2.75) is 78.1 Å². The van der Waals surface area contributed by atoms with E-state index in [1.807, 2.05) is 6.92 Å². The van der Waals surface area contributed by atoms with Crippen molar-refractivity contribution < 1.29 is 4.79 Å². The second-order valence-corrected chi connectivity index (χ2v) is 5.79. The molecule has 0 aromatic carbocycles. The first kappa shape index (κ1) is 20.7. The molecule has 0 rings (SSSR count). The zero-order chi connectivity index (χ0) is 16.5. The van der Waals surface area contributed by atoms with Gasteiger partial charge < -0.3 is 5.73 Å². The summed E-state index contributed by atoms with van der Waals surface area (Å²) in [6, 6.07) is 0. The Morgan fingerprint density at radius 1 is 0.864 bits per heavy atom. The third-order valence-electron chi connectivity index (χ3n) is 3.85. The largest absolute Gasteiger partial charge is 0.369 e. The molecule has 0 aliphatic carbocycles. The summed E-state index contributed by atoms with van der Waals surface area (Å²) in [6.45, 7) is 4.19. The van der Waals surface area contributed by atoms with Gasteiger partial charge in [-0.05, 0) is 44.9 Å². The molecule has 126 valence electrons. The van der Waals surface area contributed by atoms with Crippen molar-refractivity contribution in [3.05, 3.63) is 36.5 Å². The molecule has 0 heterocycles. The van der Waals surface area contributed by atoms with Crippen LogP contribution in [0.15, 0.2) is 36.5 Å². The van der Waals surface area contributed by atoms with E-state index in [9.17, 15) is 4.79 Å². The molecular formula is C20H35NO. The van der Waals surface area contributed by atoms with E-state index in [0.29, 0.717) is 0 Å². The molecule has 0 aliphatic heterocycles. The molecule has 0 saturated heterocycles. The number of amides is 1. The highest BCUT2D eigenvalue weighted by Gasteiger charge is 2.11. The summed E-state index contributed by atoms with van der Waals surface area (Å²) in [7, 11) is 0. The minimum Gasteiger partial charge on any atom is -0.369 e. The van der Waals surface area contributed by atoms with Gasteiger partial charge in [0.05, 0.1) is 0 Å². The van der Waals surface area contributed by atoms with Gasteiger partial charge in [0.25, 0.3) is 0 Å². The van der Waals surface area contributed by atoms with E-state index in [2.05, 4.69) is 43.4 Å². The van der Waals surface area contributed by atoms with E-state index in [1.165, 1.54) is 19.3 Å². The Morgan fingerprint density at radius 3 is 2.05 bits per heavy atom. The van der Waals surface area contributed by atoms with Crippen molar-refractivity contribution >= 4 is 5.91 Å². The maximum atomic E-state index is 11.1. The van der Waals surface area contributed by atoms with Crippen LogP contribution in [0.1, 0.15) is 78.1 Å². The van der Waals surface area contributed by atoms with Gasteiger partial charge in [-0.1, -0.05) is 69.6 Å². The van der Waals surface area contributed by atoms with Crippen LogP contribution in [0.3, 0.4) is 0 Å². The maximum Gasteiger partial charge on any atom is 0.220 e. The number of carbonyl (C=O) groups excluding carboxylic acids is 1. The summed E-state index contributed by atoms with van der Waals surface area (Å²) in [4.78, 5) is 11.1. The smallest absolute Gasteiger partial charge is 0.220 e. The Hall–Kier alpha value is -1.31. The van der Waals surface area contributed by atoms with E-state index in [0.717, 1.165) is 44.9 Å². The van der Waals surface area contributed by atoms with E-state index in [4.69, 9.17) is 5.73 Å². The third kappa shape index (κ3) is 13.7. The van der Waals surface area contributed by atoms with Crippen LogP contribution in [0.5, 0.6) is 0 Å². The van der Waals surface area contributed by atoms with Crippen LogP contribution in [0.4, 0.5) is 0 Å². The van der Waals surface area contributed by atoms with Gasteiger partial charge in [0, 0.05) is 5.92 Å². The first-order valence-electron chi connectivity index (χ1n) is 8.96. The van der Waals surface area contributed by atoms with Gasteiger partial charge in [0.15, 0.2) is 0 Å². The molecule has 0 aliphatic rings. The topological polar surface area (TPSA) is 43.1 Å². The van der Waals surface area contributed by atoms with Crippen molar-refractivity contribution in [3.63, 3.8) is 0 Å². The Labute approximate surface area is 137 Å². The second-order valence-electron chi connectivity index (χ2n) is 5.79. The Balaban J connectivity index is 3.40. The predicted molar refractivity (Wildman–Crippen MR) is 97.6 cm³/mol. The van der Waals surface area contributed by atoms with Gasteiger partial charge in [-0.15, -0.1) is 0 Å². The molecule has 1 unspecified atom stereocenters. The van der Waals surface area contributed by atoms with Crippen LogP contribution in [-0.2, 0) is 4.79 Å². The van der Waals surface area contributed by atoms with E-state index < -0.39 is 0 Å². The molecule has 22 heavy (non-hydrogen) atoms. The van der Waals surface area contributed by atoms with Crippen molar-refractivity contribution in [1.29, 1.82) is 0 Å². The zero-order valence-corrected chi connectivity index (χ0v) is 14.6. The number of nitrogens with two attached hydrogens (primary N) is 1. The van der Waals surface area contributed by atoms with Crippen molar-refractivity contribution in [1.82, 2.24) is 0 Å². The highest BCUT2D eigenvalue weighted by Crippen LogP contribution is 2.14. The van der Waals surface area contributed by atoms with Gasteiger partial charge in [-0.25, -0.2) is 0 Å². The summed E-state index contributed by atoms with van der Waals surface area (Å²) in [5, 5.41) is 0. The molecule has 0 spiro atoms. The van der Waals surface area contributed by atoms with Crippen LogP contribution >= 0.6 is 0 Å². The number of allylic oxidation sites excluding steroid dienone is 6. The third-order valence-corrected chi connectivity index (χ3v) is 3.85. The fraction of sp³-hybridized carbons (Fsp3) is 0.650. The second kappa shape index (κ2) is 16.1. The van der Waals surface area contributed by atoms with Crippen molar-refractivity contribution in [2.75, 3.05) is 0 Å². The molecule has 2 nitrogen and oxygen atoms in total. The summed E-state index contributed by atoms with van der Waals surface area (Å²) in [5.74, 6) is -0.0532. The standard InChI is InChI=1S/C20H35NO/c1-3-5-6-7-8-9-10-11-12-13-14-15-16-17-18-19(4-2)20(21)22/h5-6,8-9,11-12,19H,3-4,7,10,13-18H2,1-2H3,(H2,21,22). The SMILES string of the molecule is CCC=CCC=CCC=CCCCCCCC(CC)C(N)=O. The molecule has 0 radical (unpaired) electrons. The lowest BCUT2D eigenvalue weighted by Gasteiger charge is -2.09. The molecule has 1 amide bonds. The molecule has 1 atom stereocenters. The number of unbranched alkanes of at least 4 members (excludes halogenated alkanes) is 4. The number of rotatable bonds is 14. The van der Waals surface area contributed by atoms with Crippen LogP contribution in [0.2, 0.25) is 0 Å². The fourth-order valence-corrected chi connectivity index (χ4v) is 2.38. The molecule has 0 bridgehead atoms. The van der Waals surface area contributed by atoms with Crippen molar-refractivity contribution in [2.24, 2.45) is 11.7 Å². The molecule has 0 saturated carbocycles. The average Bonchev–Trinajstić information content (AvgIpc) is 2.51. The van der Waals surface area contributed by atoms with Gasteiger partial charge in [-0.2, -0.15) is 0 Å². The van der Waals surface area contributed by atoms with Gasteiger partial charge in [0.2, 0.25) is 5.91 Å². The lowest BCUT2D eigenvalue weighted by molar-refractivity contribution is -0.122. The average molecular weight is 306 g/mol. The highest BCUT2D eigenvalue weighted by atomic mass is 16.1.